The van der Waals surface area contributed by atoms with Gasteiger partial charge in [0.25, 0.3) is 7.82 Å². The summed E-state index contributed by atoms with van der Waals surface area (Å²) in [6.45, 7) is 4.07. The highest BCUT2D eigenvalue weighted by Crippen LogP contribution is 2.38. The molecule has 0 bridgehead atoms. The number of quaternary nitrogens is 1. The predicted molar refractivity (Wildman–Crippen MR) is 337 cm³/mol. The molecule has 0 aliphatic heterocycles. The molecular formula is C69H120NO8P. The molecule has 0 saturated heterocycles. The Morgan fingerprint density at radius 3 is 1.08 bits per heavy atom. The van der Waals surface area contributed by atoms with Crippen LogP contribution in [-0.2, 0) is 32.7 Å². The first-order valence-electron chi connectivity index (χ1n) is 32.1. The van der Waals surface area contributed by atoms with Gasteiger partial charge < -0.3 is 27.9 Å². The number of carbonyl (C=O) groups excluding carboxylic acids is 2. The number of carbonyl (C=O) groups is 2. The fourth-order valence-corrected chi connectivity index (χ4v) is 9.32. The number of hydrogen-bond donors (Lipinski definition) is 0. The molecule has 0 aromatic carbocycles. The molecule has 0 saturated carbocycles. The zero-order chi connectivity index (χ0) is 57.7. The van der Waals surface area contributed by atoms with Gasteiger partial charge in [0, 0.05) is 12.8 Å². The minimum absolute atomic E-state index is 0.0356. The fourth-order valence-electron chi connectivity index (χ4n) is 8.60. The van der Waals surface area contributed by atoms with E-state index in [0.29, 0.717) is 23.9 Å². The highest BCUT2D eigenvalue weighted by Gasteiger charge is 2.22. The van der Waals surface area contributed by atoms with Crippen molar-refractivity contribution in [1.82, 2.24) is 0 Å². The van der Waals surface area contributed by atoms with Gasteiger partial charge >= 0.3 is 11.9 Å². The van der Waals surface area contributed by atoms with Gasteiger partial charge in [-0.15, -0.1) is 0 Å². The summed E-state index contributed by atoms with van der Waals surface area (Å²) < 4.78 is 34.1. The highest BCUT2D eigenvalue weighted by atomic mass is 31.2. The van der Waals surface area contributed by atoms with E-state index in [2.05, 4.69) is 123 Å². The molecule has 0 fully saturated rings. The van der Waals surface area contributed by atoms with E-state index >= 15 is 0 Å². The molecule has 0 aliphatic rings. The number of likely N-dealkylation sites (N-methyl/N-ethyl adjacent to an activating group) is 1. The Hall–Kier alpha value is -3.33. The number of nitrogens with zero attached hydrogens (tertiary/aromatic N) is 1. The fraction of sp³-hybridized carbons (Fsp3) is 0.710. The lowest BCUT2D eigenvalue weighted by atomic mass is 10.0. The minimum Gasteiger partial charge on any atom is -0.756 e. The maximum atomic E-state index is 12.8. The Bertz CT molecular complexity index is 1700. The summed E-state index contributed by atoms with van der Waals surface area (Å²) in [5.74, 6) is -0.847. The highest BCUT2D eigenvalue weighted by molar-refractivity contribution is 7.45. The average molecular weight is 1120 g/mol. The molecule has 454 valence electrons. The number of rotatable bonds is 58. The number of esters is 2. The van der Waals surface area contributed by atoms with Gasteiger partial charge in [-0.3, -0.25) is 14.2 Å². The van der Waals surface area contributed by atoms with E-state index in [1.165, 1.54) is 116 Å². The lowest BCUT2D eigenvalue weighted by Crippen LogP contribution is -2.37. The van der Waals surface area contributed by atoms with E-state index in [1.54, 1.807) is 0 Å². The van der Waals surface area contributed by atoms with E-state index in [1.807, 2.05) is 21.1 Å². The van der Waals surface area contributed by atoms with Crippen LogP contribution in [0.1, 0.15) is 264 Å². The van der Waals surface area contributed by atoms with Crippen LogP contribution in [0.2, 0.25) is 0 Å². The Morgan fingerprint density at radius 1 is 0.405 bits per heavy atom. The van der Waals surface area contributed by atoms with Crippen LogP contribution in [0, 0.1) is 0 Å². The van der Waals surface area contributed by atoms with Gasteiger partial charge in [0.1, 0.15) is 19.8 Å². The third-order valence-corrected chi connectivity index (χ3v) is 14.5. The molecule has 0 aromatic heterocycles. The van der Waals surface area contributed by atoms with Gasteiger partial charge in [-0.25, -0.2) is 0 Å². The summed E-state index contributed by atoms with van der Waals surface area (Å²) in [5.41, 5.74) is 0. The zero-order valence-electron chi connectivity index (χ0n) is 51.5. The first-order chi connectivity index (χ1) is 38.5. The monoisotopic (exact) mass is 1120 g/mol. The first-order valence-corrected chi connectivity index (χ1v) is 33.6. The summed E-state index contributed by atoms with van der Waals surface area (Å²) in [6, 6.07) is 0. The van der Waals surface area contributed by atoms with Crippen LogP contribution in [0.3, 0.4) is 0 Å². The standard InChI is InChI=1S/C69H120NO8P/c1-6-8-10-12-14-16-18-20-22-23-24-25-26-27-28-29-30-31-32-33-34-35-36-37-38-39-40-41-42-43-44-45-46-47-48-50-52-54-56-58-60-62-69(72)78-67(66-77-79(73,74)76-64-63-70(3,4)5)65-75-68(71)61-59-57-55-53-51-49-21-19-17-15-13-11-9-7-2/h8,10,13-16,19-22,24-25,27-28,30-31,33-34,67H,6-7,9,11-12,17-18,23,26,29,32,35-66H2,1-5H3/b10-8-,15-13-,16-14-,21-19-,22-20-,25-24-,28-27-,31-30-,34-33-. The van der Waals surface area contributed by atoms with Gasteiger partial charge in [-0.05, 0) is 96.3 Å². The molecule has 2 unspecified atom stereocenters. The van der Waals surface area contributed by atoms with E-state index in [9.17, 15) is 19.0 Å². The summed E-state index contributed by atoms with van der Waals surface area (Å²) in [5, 5.41) is 0. The van der Waals surface area contributed by atoms with Gasteiger partial charge in [-0.1, -0.05) is 264 Å². The lowest BCUT2D eigenvalue weighted by molar-refractivity contribution is -0.870. The molecule has 0 radical (unpaired) electrons. The van der Waals surface area contributed by atoms with Crippen molar-refractivity contribution in [3.05, 3.63) is 109 Å². The molecule has 79 heavy (non-hydrogen) atoms. The maximum absolute atomic E-state index is 12.8. The van der Waals surface area contributed by atoms with Crippen LogP contribution in [0.25, 0.3) is 0 Å². The average Bonchev–Trinajstić information content (AvgIpc) is 3.41. The zero-order valence-corrected chi connectivity index (χ0v) is 52.4. The predicted octanol–water partition coefficient (Wildman–Crippen LogP) is 19.9. The number of unbranched alkanes of at least 4 members (excludes halogenated alkanes) is 26. The molecule has 0 rings (SSSR count). The van der Waals surface area contributed by atoms with E-state index < -0.39 is 32.5 Å². The quantitative estimate of drug-likeness (QED) is 0.0195. The van der Waals surface area contributed by atoms with Crippen molar-refractivity contribution in [3.63, 3.8) is 0 Å². The van der Waals surface area contributed by atoms with Crippen molar-refractivity contribution in [2.75, 3.05) is 47.5 Å². The molecule has 10 heteroatoms. The molecule has 0 aromatic rings. The second-order valence-electron chi connectivity index (χ2n) is 22.4. The van der Waals surface area contributed by atoms with Crippen molar-refractivity contribution in [2.24, 2.45) is 0 Å². The van der Waals surface area contributed by atoms with Gasteiger partial charge in [0.15, 0.2) is 6.10 Å². The molecule has 0 aliphatic carbocycles. The van der Waals surface area contributed by atoms with E-state index in [0.717, 1.165) is 109 Å². The number of phosphoric ester groups is 1. The summed E-state index contributed by atoms with van der Waals surface area (Å²) in [4.78, 5) is 37.8. The van der Waals surface area contributed by atoms with Gasteiger partial charge in [0.05, 0.1) is 27.7 Å². The summed E-state index contributed by atoms with van der Waals surface area (Å²) in [6.07, 6.45) is 83.1. The van der Waals surface area contributed by atoms with Gasteiger partial charge in [0.2, 0.25) is 0 Å². The third kappa shape index (κ3) is 63.7. The normalized spacial score (nSPS) is 13.9. The van der Waals surface area contributed by atoms with Crippen molar-refractivity contribution in [3.8, 4) is 0 Å². The number of hydrogen-bond acceptors (Lipinski definition) is 8. The van der Waals surface area contributed by atoms with Crippen LogP contribution in [0.4, 0.5) is 0 Å². The second kappa shape index (κ2) is 59.3. The van der Waals surface area contributed by atoms with Crippen LogP contribution in [-0.4, -0.2) is 70.0 Å². The topological polar surface area (TPSA) is 111 Å². The summed E-state index contributed by atoms with van der Waals surface area (Å²) >= 11 is 0. The summed E-state index contributed by atoms with van der Waals surface area (Å²) in [7, 11) is 1.16. The molecule has 2 atom stereocenters. The Balaban J connectivity index is 3.95. The molecule has 0 spiro atoms. The SMILES string of the molecule is CC/C=C\C/C=C\C/C=C\C/C=C\C/C=C\C/C=C\C/C=C\CCCCCCCCCCCCCCCCCCCCCC(=O)OC(COC(=O)CCCCCCC/C=C\C/C=C\CCCC)COP(=O)([O-])OCC[N+](C)(C)C. The largest absolute Gasteiger partial charge is 0.756 e. The molecular weight excluding hydrogens is 1000 g/mol. The Kier molecular flexibility index (Phi) is 56.8. The smallest absolute Gasteiger partial charge is 0.306 e. The number of allylic oxidation sites excluding steroid dienone is 18. The number of phosphoric acid groups is 1. The maximum Gasteiger partial charge on any atom is 0.306 e. The third-order valence-electron chi connectivity index (χ3n) is 13.5. The van der Waals surface area contributed by atoms with Crippen LogP contribution >= 0.6 is 7.82 Å². The molecule has 0 heterocycles. The second-order valence-corrected chi connectivity index (χ2v) is 23.8. The van der Waals surface area contributed by atoms with Crippen LogP contribution in [0.5, 0.6) is 0 Å². The van der Waals surface area contributed by atoms with Crippen molar-refractivity contribution in [1.29, 1.82) is 0 Å². The first kappa shape index (κ1) is 75.7. The van der Waals surface area contributed by atoms with Crippen LogP contribution < -0.4 is 4.89 Å². The van der Waals surface area contributed by atoms with E-state index in [-0.39, 0.29) is 26.1 Å². The Morgan fingerprint density at radius 2 is 0.722 bits per heavy atom. The van der Waals surface area contributed by atoms with Crippen LogP contribution in [0.15, 0.2) is 109 Å². The Labute approximate surface area is 486 Å². The molecule has 0 N–H and O–H groups in total. The van der Waals surface area contributed by atoms with Gasteiger partial charge in [-0.2, -0.15) is 0 Å². The lowest BCUT2D eigenvalue weighted by Gasteiger charge is -2.28. The molecule has 0 amide bonds. The van der Waals surface area contributed by atoms with Crippen molar-refractivity contribution >= 4 is 19.8 Å². The minimum atomic E-state index is -4.64. The number of ether oxygens (including phenoxy) is 2. The molecule has 9 nitrogen and oxygen atoms in total. The van der Waals surface area contributed by atoms with Crippen molar-refractivity contribution < 1.29 is 42.1 Å². The van der Waals surface area contributed by atoms with Crippen molar-refractivity contribution in [2.45, 2.75) is 270 Å². The van der Waals surface area contributed by atoms with E-state index in [4.69, 9.17) is 18.5 Å².